The van der Waals surface area contributed by atoms with Crippen LogP contribution in [0.15, 0.2) is 24.4 Å². The van der Waals surface area contributed by atoms with Crippen molar-refractivity contribution in [1.82, 2.24) is 19.8 Å². The maximum atomic E-state index is 9.31. The lowest BCUT2D eigenvalue weighted by Gasteiger charge is -2.41. The van der Waals surface area contributed by atoms with Gasteiger partial charge >= 0.3 is 0 Å². The van der Waals surface area contributed by atoms with Crippen molar-refractivity contribution in [3.63, 3.8) is 0 Å². The average molecular weight is 366 g/mol. The van der Waals surface area contributed by atoms with E-state index < -0.39 is 0 Å². The maximum absolute atomic E-state index is 9.31. The summed E-state index contributed by atoms with van der Waals surface area (Å²) in [6.45, 7) is 7.13. The number of fused-ring (bicyclic) bond motifs is 3. The van der Waals surface area contributed by atoms with Gasteiger partial charge in [-0.05, 0) is 38.0 Å². The highest BCUT2D eigenvalue weighted by Gasteiger charge is 2.35. The molecule has 3 fully saturated rings. The lowest BCUT2D eigenvalue weighted by molar-refractivity contribution is -0.0357. The number of likely N-dealkylation sites (tertiary alicyclic amines) is 1. The van der Waals surface area contributed by atoms with Crippen LogP contribution in [0.3, 0.4) is 0 Å². The molecule has 5 rings (SSSR count). The Balaban J connectivity index is 1.35. The molecule has 1 N–H and O–H groups in total. The number of rotatable bonds is 3. The van der Waals surface area contributed by atoms with Gasteiger partial charge in [-0.25, -0.2) is 4.52 Å². The number of hydrogen-bond donors (Lipinski definition) is 1. The summed E-state index contributed by atoms with van der Waals surface area (Å²) in [5.74, 6) is 0. The van der Waals surface area contributed by atoms with Crippen molar-refractivity contribution in [1.29, 1.82) is 5.26 Å². The molecule has 7 heteroatoms. The summed E-state index contributed by atoms with van der Waals surface area (Å²) in [6.07, 6.45) is 4.75. The third-order valence-electron chi connectivity index (χ3n) is 6.07. The number of nitrogens with zero attached hydrogens (tertiary/aromatic N) is 5. The molecular weight excluding hydrogens is 340 g/mol. The fraction of sp³-hybridized carbons (Fsp3) is 0.600. The van der Waals surface area contributed by atoms with Crippen molar-refractivity contribution in [3.05, 3.63) is 30.1 Å². The van der Waals surface area contributed by atoms with E-state index in [-0.39, 0.29) is 12.2 Å². The number of aromatic nitrogens is 2. The SMILES string of the molecule is C[C@@H]1CN(c2ccc(C#N)n3nccc23)C[C@H](CN2CC3CCC(C2)N3)O1. The molecule has 4 atom stereocenters. The number of nitrogens with one attached hydrogen (secondary N) is 1. The first-order valence-corrected chi connectivity index (χ1v) is 9.95. The van der Waals surface area contributed by atoms with Gasteiger partial charge in [0, 0.05) is 44.8 Å². The Hall–Kier alpha value is -2.14. The van der Waals surface area contributed by atoms with Crippen LogP contribution in [0.25, 0.3) is 5.52 Å². The van der Waals surface area contributed by atoms with Gasteiger partial charge in [0.25, 0.3) is 0 Å². The fourth-order valence-electron chi connectivity index (χ4n) is 5.02. The van der Waals surface area contributed by atoms with E-state index in [1.54, 1.807) is 10.7 Å². The van der Waals surface area contributed by atoms with E-state index in [0.717, 1.165) is 43.9 Å². The molecular formula is C20H26N6O. The zero-order chi connectivity index (χ0) is 18.4. The Morgan fingerprint density at radius 1 is 1.19 bits per heavy atom. The van der Waals surface area contributed by atoms with Crippen LogP contribution >= 0.6 is 0 Å². The summed E-state index contributed by atoms with van der Waals surface area (Å²) in [5.41, 5.74) is 2.68. The van der Waals surface area contributed by atoms with Gasteiger partial charge in [-0.2, -0.15) is 10.4 Å². The van der Waals surface area contributed by atoms with E-state index in [1.807, 2.05) is 12.1 Å². The minimum Gasteiger partial charge on any atom is -0.370 e. The second-order valence-electron chi connectivity index (χ2n) is 8.17. The smallest absolute Gasteiger partial charge is 0.142 e. The molecule has 2 aromatic rings. The largest absolute Gasteiger partial charge is 0.370 e. The van der Waals surface area contributed by atoms with E-state index in [0.29, 0.717) is 17.8 Å². The van der Waals surface area contributed by atoms with Crippen LogP contribution in [0.4, 0.5) is 5.69 Å². The van der Waals surface area contributed by atoms with Crippen LogP contribution in [0.2, 0.25) is 0 Å². The van der Waals surface area contributed by atoms with Gasteiger partial charge in [-0.15, -0.1) is 0 Å². The molecule has 142 valence electrons. The summed E-state index contributed by atoms with van der Waals surface area (Å²) in [6, 6.07) is 9.43. The molecule has 2 unspecified atom stereocenters. The second kappa shape index (κ2) is 6.79. The Kier molecular flexibility index (Phi) is 4.27. The minimum absolute atomic E-state index is 0.182. The molecule has 3 aliphatic rings. The van der Waals surface area contributed by atoms with Crippen LogP contribution in [0.1, 0.15) is 25.5 Å². The van der Waals surface area contributed by atoms with Gasteiger partial charge in [0.1, 0.15) is 11.8 Å². The predicted octanol–water partition coefficient (Wildman–Crippen LogP) is 1.24. The van der Waals surface area contributed by atoms with Gasteiger partial charge in [0.2, 0.25) is 0 Å². The highest BCUT2D eigenvalue weighted by atomic mass is 16.5. The van der Waals surface area contributed by atoms with Crippen LogP contribution in [-0.2, 0) is 4.74 Å². The molecule has 3 saturated heterocycles. The van der Waals surface area contributed by atoms with E-state index in [2.05, 4.69) is 39.3 Å². The average Bonchev–Trinajstić information content (AvgIpc) is 3.27. The van der Waals surface area contributed by atoms with Crippen molar-refractivity contribution >= 4 is 11.2 Å². The lowest BCUT2D eigenvalue weighted by Crippen LogP contribution is -2.56. The monoisotopic (exact) mass is 366 g/mol. The van der Waals surface area contributed by atoms with Gasteiger partial charge in [-0.3, -0.25) is 4.90 Å². The normalized spacial score (nSPS) is 31.3. The van der Waals surface area contributed by atoms with Crippen LogP contribution in [0, 0.1) is 11.3 Å². The molecule has 2 aromatic heterocycles. The van der Waals surface area contributed by atoms with Gasteiger partial charge < -0.3 is 15.0 Å². The molecule has 0 saturated carbocycles. The summed E-state index contributed by atoms with van der Waals surface area (Å²) >= 11 is 0. The zero-order valence-corrected chi connectivity index (χ0v) is 15.7. The Morgan fingerprint density at radius 3 is 2.78 bits per heavy atom. The number of pyridine rings is 1. The number of nitriles is 1. The molecule has 3 aliphatic heterocycles. The maximum Gasteiger partial charge on any atom is 0.142 e. The Morgan fingerprint density at radius 2 is 2.00 bits per heavy atom. The summed E-state index contributed by atoms with van der Waals surface area (Å²) in [7, 11) is 0. The number of ether oxygens (including phenoxy) is 1. The lowest BCUT2D eigenvalue weighted by atomic mass is 10.1. The number of hydrogen-bond acceptors (Lipinski definition) is 6. The minimum atomic E-state index is 0.182. The quantitative estimate of drug-likeness (QED) is 0.881. The van der Waals surface area contributed by atoms with Crippen molar-refractivity contribution in [2.75, 3.05) is 37.6 Å². The molecule has 7 nitrogen and oxygen atoms in total. The standard InChI is InChI=1S/C20H26N6O/c1-14-9-25(19-5-4-17(8-21)26-20(19)6-7-22-26)13-18(27-14)12-24-10-15-2-3-16(11-24)23-15/h4-7,14-16,18,23H,2-3,9-13H2,1H3/t14-,15?,16?,18+/m1/s1. The van der Waals surface area contributed by atoms with Gasteiger partial charge in [-0.1, -0.05) is 0 Å². The van der Waals surface area contributed by atoms with Gasteiger partial charge in [0.15, 0.2) is 0 Å². The highest BCUT2D eigenvalue weighted by molar-refractivity contribution is 5.74. The van der Waals surface area contributed by atoms with Crippen molar-refractivity contribution in [2.24, 2.45) is 0 Å². The molecule has 0 spiro atoms. The van der Waals surface area contributed by atoms with Gasteiger partial charge in [0.05, 0.1) is 29.6 Å². The van der Waals surface area contributed by atoms with E-state index in [4.69, 9.17) is 4.74 Å². The van der Waals surface area contributed by atoms with E-state index >= 15 is 0 Å². The Labute approximate surface area is 159 Å². The first-order valence-electron chi connectivity index (χ1n) is 9.95. The molecule has 0 radical (unpaired) electrons. The number of morpholine rings is 1. The summed E-state index contributed by atoms with van der Waals surface area (Å²) in [5, 5.41) is 17.3. The van der Waals surface area contributed by atoms with Crippen LogP contribution in [-0.4, -0.2) is 71.5 Å². The van der Waals surface area contributed by atoms with Crippen molar-refractivity contribution < 1.29 is 4.74 Å². The third kappa shape index (κ3) is 3.18. The zero-order valence-electron chi connectivity index (χ0n) is 15.7. The van der Waals surface area contributed by atoms with Crippen molar-refractivity contribution in [2.45, 2.75) is 44.1 Å². The first kappa shape index (κ1) is 17.0. The second-order valence-corrected chi connectivity index (χ2v) is 8.17. The molecule has 2 bridgehead atoms. The molecule has 0 amide bonds. The van der Waals surface area contributed by atoms with Crippen LogP contribution in [0.5, 0.6) is 0 Å². The fourth-order valence-corrected chi connectivity index (χ4v) is 5.02. The molecule has 5 heterocycles. The molecule has 0 aromatic carbocycles. The molecule has 27 heavy (non-hydrogen) atoms. The molecule has 0 aliphatic carbocycles. The number of anilines is 1. The third-order valence-corrected chi connectivity index (χ3v) is 6.07. The van der Waals surface area contributed by atoms with E-state index in [9.17, 15) is 5.26 Å². The highest BCUT2D eigenvalue weighted by Crippen LogP contribution is 2.27. The summed E-state index contributed by atoms with van der Waals surface area (Å²) in [4.78, 5) is 4.97. The topological polar surface area (TPSA) is 68.8 Å². The van der Waals surface area contributed by atoms with Crippen LogP contribution < -0.4 is 10.2 Å². The predicted molar refractivity (Wildman–Crippen MR) is 103 cm³/mol. The van der Waals surface area contributed by atoms with Crippen molar-refractivity contribution in [3.8, 4) is 6.07 Å². The first-order chi connectivity index (χ1) is 13.2. The van der Waals surface area contributed by atoms with E-state index in [1.165, 1.54) is 12.8 Å². The summed E-state index contributed by atoms with van der Waals surface area (Å²) < 4.78 is 8.03. The number of piperazine rings is 1. The Bertz CT molecular complexity index is 861.